The van der Waals surface area contributed by atoms with E-state index in [2.05, 4.69) is 5.32 Å². The molecule has 0 heterocycles. The Morgan fingerprint density at radius 2 is 1.68 bits per heavy atom. The van der Waals surface area contributed by atoms with Gasteiger partial charge in [0.2, 0.25) is 11.8 Å². The van der Waals surface area contributed by atoms with Crippen molar-refractivity contribution in [2.24, 2.45) is 0 Å². The van der Waals surface area contributed by atoms with Gasteiger partial charge in [0.05, 0.1) is 13.2 Å². The summed E-state index contributed by atoms with van der Waals surface area (Å²) in [6.07, 6.45) is 0.776. The van der Waals surface area contributed by atoms with Crippen molar-refractivity contribution in [1.82, 2.24) is 10.2 Å². The fourth-order valence-corrected chi connectivity index (χ4v) is 3.75. The second kappa shape index (κ2) is 12.7. The summed E-state index contributed by atoms with van der Waals surface area (Å²) < 4.78 is 11.3. The number of benzene rings is 2. The largest absolute Gasteiger partial charge is 0.490 e. The Hall–Kier alpha value is -2.73. The van der Waals surface area contributed by atoms with Crippen molar-refractivity contribution < 1.29 is 19.1 Å². The molecular formula is C27H37ClN2O4. The van der Waals surface area contributed by atoms with Crippen LogP contribution in [0.2, 0.25) is 5.02 Å². The first kappa shape index (κ1) is 27.5. The fourth-order valence-electron chi connectivity index (χ4n) is 3.53. The van der Waals surface area contributed by atoms with Crippen molar-refractivity contribution in [1.29, 1.82) is 0 Å². The molecule has 186 valence electrons. The van der Waals surface area contributed by atoms with Gasteiger partial charge in [0, 0.05) is 23.5 Å². The van der Waals surface area contributed by atoms with Crippen LogP contribution in [-0.4, -0.2) is 41.5 Å². The van der Waals surface area contributed by atoms with Crippen LogP contribution in [0.3, 0.4) is 0 Å². The van der Waals surface area contributed by atoms with E-state index in [1.54, 1.807) is 17.9 Å². The van der Waals surface area contributed by atoms with Crippen LogP contribution in [0.25, 0.3) is 0 Å². The number of rotatable bonds is 11. The summed E-state index contributed by atoms with van der Waals surface area (Å²) in [6.45, 7) is 12.7. The molecule has 0 spiro atoms. The van der Waals surface area contributed by atoms with Crippen molar-refractivity contribution in [2.45, 2.75) is 72.5 Å². The third kappa shape index (κ3) is 8.56. The van der Waals surface area contributed by atoms with E-state index >= 15 is 0 Å². The quantitative estimate of drug-likeness (QED) is 0.459. The Balaban J connectivity index is 2.20. The van der Waals surface area contributed by atoms with Crippen LogP contribution in [-0.2, 0) is 22.6 Å². The van der Waals surface area contributed by atoms with Crippen molar-refractivity contribution in [3.8, 4) is 11.5 Å². The second-order valence-electron chi connectivity index (χ2n) is 9.21. The van der Waals surface area contributed by atoms with E-state index in [0.29, 0.717) is 42.7 Å². The number of carbonyl (C=O) groups is 2. The normalized spacial score (nSPS) is 12.1. The molecule has 0 aliphatic carbocycles. The highest BCUT2D eigenvalue weighted by atomic mass is 35.5. The number of carbonyl (C=O) groups excluding carboxylic acids is 2. The molecule has 2 aromatic rings. The van der Waals surface area contributed by atoms with Crippen molar-refractivity contribution in [3.63, 3.8) is 0 Å². The molecule has 1 atom stereocenters. The first-order valence-corrected chi connectivity index (χ1v) is 12.2. The van der Waals surface area contributed by atoms with Crippen LogP contribution >= 0.6 is 11.6 Å². The number of nitrogens with zero attached hydrogens (tertiary/aromatic N) is 1. The topological polar surface area (TPSA) is 67.9 Å². The Labute approximate surface area is 208 Å². The molecule has 0 aliphatic heterocycles. The first-order valence-electron chi connectivity index (χ1n) is 11.8. The van der Waals surface area contributed by atoms with E-state index in [4.69, 9.17) is 21.1 Å². The molecule has 0 fully saturated rings. The van der Waals surface area contributed by atoms with Crippen molar-refractivity contribution >= 4 is 23.4 Å². The van der Waals surface area contributed by atoms with Crippen LogP contribution < -0.4 is 14.8 Å². The summed E-state index contributed by atoms with van der Waals surface area (Å²) in [4.78, 5) is 27.9. The molecule has 0 aliphatic rings. The number of hydrogen-bond donors (Lipinski definition) is 1. The number of halogens is 1. The average Bonchev–Trinajstić information content (AvgIpc) is 2.76. The molecule has 34 heavy (non-hydrogen) atoms. The molecule has 7 heteroatoms. The molecule has 0 saturated carbocycles. The van der Waals surface area contributed by atoms with Crippen LogP contribution in [0.1, 0.15) is 59.1 Å². The van der Waals surface area contributed by atoms with E-state index in [-0.39, 0.29) is 18.2 Å². The Bertz CT molecular complexity index is 971. The van der Waals surface area contributed by atoms with Gasteiger partial charge >= 0.3 is 0 Å². The maximum absolute atomic E-state index is 13.4. The molecule has 0 radical (unpaired) electrons. The van der Waals surface area contributed by atoms with Gasteiger partial charge in [0.1, 0.15) is 6.04 Å². The van der Waals surface area contributed by atoms with Gasteiger partial charge in [0.15, 0.2) is 11.5 Å². The predicted octanol–water partition coefficient (Wildman–Crippen LogP) is 5.40. The third-order valence-electron chi connectivity index (χ3n) is 5.14. The Morgan fingerprint density at radius 3 is 2.29 bits per heavy atom. The molecule has 2 aromatic carbocycles. The smallest absolute Gasteiger partial charge is 0.242 e. The lowest BCUT2D eigenvalue weighted by molar-refractivity contribution is -0.141. The van der Waals surface area contributed by atoms with Crippen LogP contribution in [0.5, 0.6) is 11.5 Å². The first-order chi connectivity index (χ1) is 16.0. The minimum absolute atomic E-state index is 0.108. The maximum Gasteiger partial charge on any atom is 0.242 e. The van der Waals surface area contributed by atoms with Crippen molar-refractivity contribution in [3.05, 3.63) is 58.6 Å². The number of hydrogen-bond acceptors (Lipinski definition) is 4. The summed E-state index contributed by atoms with van der Waals surface area (Å²) in [5.41, 5.74) is 1.44. The highest BCUT2D eigenvalue weighted by Crippen LogP contribution is 2.29. The highest BCUT2D eigenvalue weighted by Gasteiger charge is 2.28. The van der Waals surface area contributed by atoms with E-state index in [9.17, 15) is 9.59 Å². The molecule has 1 N–H and O–H groups in total. The number of aryl methyl sites for hydroxylation is 1. The van der Waals surface area contributed by atoms with Gasteiger partial charge < -0.3 is 19.7 Å². The molecule has 0 unspecified atom stereocenters. The summed E-state index contributed by atoms with van der Waals surface area (Å²) in [7, 11) is 0. The fraction of sp³-hybridized carbons (Fsp3) is 0.481. The standard InChI is InChI=1S/C27H37ClN2O4/c1-7-33-23-14-12-20(17-24(23)34-8-2)13-15-25(31)30(18-21-10-9-11-22(28)16-21)19(3)26(32)29-27(4,5)6/h9-12,14,16-17,19H,7-8,13,15,18H2,1-6H3,(H,29,32)/t19-/m1/s1. The second-order valence-corrected chi connectivity index (χ2v) is 9.65. The summed E-state index contributed by atoms with van der Waals surface area (Å²) in [5.74, 6) is 1.06. The van der Waals surface area contributed by atoms with Gasteiger partial charge in [0.25, 0.3) is 0 Å². The highest BCUT2D eigenvalue weighted by molar-refractivity contribution is 6.30. The zero-order valence-corrected chi connectivity index (χ0v) is 21.9. The van der Waals surface area contributed by atoms with Gasteiger partial charge in [-0.05, 0) is 83.4 Å². The zero-order valence-electron chi connectivity index (χ0n) is 21.1. The van der Waals surface area contributed by atoms with Gasteiger partial charge in [-0.15, -0.1) is 0 Å². The van der Waals surface area contributed by atoms with Crippen LogP contribution in [0.15, 0.2) is 42.5 Å². The molecule has 0 saturated heterocycles. The van der Waals surface area contributed by atoms with E-state index in [1.165, 1.54) is 0 Å². The number of nitrogens with one attached hydrogen (secondary N) is 1. The molecule has 0 bridgehead atoms. The molecular weight excluding hydrogens is 452 g/mol. The lowest BCUT2D eigenvalue weighted by Gasteiger charge is -2.31. The summed E-state index contributed by atoms with van der Waals surface area (Å²) in [5, 5.41) is 3.57. The van der Waals surface area contributed by atoms with Crippen LogP contribution in [0.4, 0.5) is 0 Å². The monoisotopic (exact) mass is 488 g/mol. The maximum atomic E-state index is 13.4. The third-order valence-corrected chi connectivity index (χ3v) is 5.38. The van der Waals surface area contributed by atoms with Gasteiger partial charge in [-0.2, -0.15) is 0 Å². The van der Waals surface area contributed by atoms with Crippen molar-refractivity contribution in [2.75, 3.05) is 13.2 Å². The van der Waals surface area contributed by atoms with Gasteiger partial charge in [-0.3, -0.25) is 9.59 Å². The molecule has 2 amide bonds. The zero-order chi connectivity index (χ0) is 25.3. The van der Waals surface area contributed by atoms with E-state index < -0.39 is 11.6 Å². The van der Waals surface area contributed by atoms with E-state index in [1.807, 2.05) is 71.0 Å². The number of ether oxygens (including phenoxy) is 2. The molecule has 2 rings (SSSR count). The number of amides is 2. The summed E-state index contributed by atoms with van der Waals surface area (Å²) >= 11 is 6.15. The lowest BCUT2D eigenvalue weighted by Crippen LogP contribution is -2.52. The minimum Gasteiger partial charge on any atom is -0.490 e. The van der Waals surface area contributed by atoms with Crippen LogP contribution in [0, 0.1) is 0 Å². The minimum atomic E-state index is -0.634. The predicted molar refractivity (Wildman–Crippen MR) is 136 cm³/mol. The van der Waals surface area contributed by atoms with Gasteiger partial charge in [-0.25, -0.2) is 0 Å². The molecule has 0 aromatic heterocycles. The lowest BCUT2D eigenvalue weighted by atomic mass is 10.1. The Kier molecular flexibility index (Phi) is 10.2. The SMILES string of the molecule is CCOc1ccc(CCC(=O)N(Cc2cccc(Cl)c2)[C@H](C)C(=O)NC(C)(C)C)cc1OCC. The van der Waals surface area contributed by atoms with Gasteiger partial charge in [-0.1, -0.05) is 29.8 Å². The summed E-state index contributed by atoms with van der Waals surface area (Å²) in [6, 6.07) is 12.4. The average molecular weight is 489 g/mol. The molecule has 6 nitrogen and oxygen atoms in total. The van der Waals surface area contributed by atoms with E-state index in [0.717, 1.165) is 11.1 Å². The Morgan fingerprint density at radius 1 is 1.00 bits per heavy atom.